The van der Waals surface area contributed by atoms with Crippen LogP contribution in [0.25, 0.3) is 11.5 Å². The van der Waals surface area contributed by atoms with Crippen LogP contribution in [-0.2, 0) is 0 Å². The summed E-state index contributed by atoms with van der Waals surface area (Å²) in [4.78, 5) is 4.15. The molecule has 0 radical (unpaired) electrons. The minimum absolute atomic E-state index is 0.381. The summed E-state index contributed by atoms with van der Waals surface area (Å²) in [5.41, 5.74) is 0.712. The van der Waals surface area contributed by atoms with Gasteiger partial charge in [0, 0.05) is 5.56 Å². The highest BCUT2D eigenvalue weighted by atomic mass is 79.9. The lowest BCUT2D eigenvalue weighted by Gasteiger charge is -2.16. The summed E-state index contributed by atoms with van der Waals surface area (Å²) in [5, 5.41) is 3.72. The topological polar surface area (TPSA) is 66.6 Å². The third kappa shape index (κ3) is 3.66. The van der Waals surface area contributed by atoms with Gasteiger partial charge in [-0.2, -0.15) is 4.98 Å². The molecule has 0 amide bonds. The molecule has 114 valence electrons. The molecule has 0 unspecified atom stereocenters. The van der Waals surface area contributed by atoms with Crippen LogP contribution < -0.4 is 14.2 Å². The fourth-order valence-corrected chi connectivity index (χ4v) is 2.07. The maximum absolute atomic E-state index is 5.64. The van der Waals surface area contributed by atoms with Crippen molar-refractivity contribution < 1.29 is 18.7 Å². The van der Waals surface area contributed by atoms with E-state index in [4.69, 9.17) is 18.7 Å². The van der Waals surface area contributed by atoms with Crippen molar-refractivity contribution in [2.45, 2.75) is 20.8 Å². The molecule has 1 aromatic heterocycles. The molecule has 0 aliphatic carbocycles. The molecule has 0 spiro atoms. The Labute approximate surface area is 131 Å². The predicted molar refractivity (Wildman–Crippen MR) is 80.9 cm³/mol. The Bertz CT molecular complexity index is 573. The second-order valence-corrected chi connectivity index (χ2v) is 4.68. The molecule has 0 saturated heterocycles. The first-order chi connectivity index (χ1) is 10.2. The number of nitrogens with zero attached hydrogens (tertiary/aromatic N) is 2. The Hall–Kier alpha value is -1.76. The average Bonchev–Trinajstić information content (AvgIpc) is 2.89. The number of hydrogen-bond acceptors (Lipinski definition) is 6. The van der Waals surface area contributed by atoms with Gasteiger partial charge in [0.15, 0.2) is 11.5 Å². The SMILES string of the molecule is CCOc1cc(-c2nc(Br)no2)cc(OCC)c1OCC. The first-order valence-corrected chi connectivity index (χ1v) is 7.54. The van der Waals surface area contributed by atoms with Crippen molar-refractivity contribution in [3.05, 3.63) is 16.9 Å². The number of halogens is 1. The second kappa shape index (κ2) is 7.31. The summed E-state index contributed by atoms with van der Waals surface area (Å²) in [7, 11) is 0. The smallest absolute Gasteiger partial charge is 0.258 e. The van der Waals surface area contributed by atoms with Crippen LogP contribution in [0.5, 0.6) is 17.2 Å². The molecule has 1 heterocycles. The standard InChI is InChI=1S/C14H17BrN2O4/c1-4-18-10-7-9(13-16-14(15)17-21-13)8-11(19-5-2)12(10)20-6-3/h7-8H,4-6H2,1-3H3. The van der Waals surface area contributed by atoms with Gasteiger partial charge in [-0.1, -0.05) is 0 Å². The lowest BCUT2D eigenvalue weighted by atomic mass is 10.1. The minimum atomic E-state index is 0.381. The predicted octanol–water partition coefficient (Wildman–Crippen LogP) is 3.70. The van der Waals surface area contributed by atoms with E-state index in [1.54, 1.807) is 12.1 Å². The molecule has 0 atom stereocenters. The average molecular weight is 357 g/mol. The minimum Gasteiger partial charge on any atom is -0.490 e. The molecule has 21 heavy (non-hydrogen) atoms. The lowest BCUT2D eigenvalue weighted by molar-refractivity contribution is 0.261. The Morgan fingerprint density at radius 1 is 1.00 bits per heavy atom. The zero-order chi connectivity index (χ0) is 15.2. The molecule has 0 aliphatic heterocycles. The van der Waals surface area contributed by atoms with Crippen molar-refractivity contribution >= 4 is 15.9 Å². The molecule has 0 N–H and O–H groups in total. The van der Waals surface area contributed by atoms with Crippen molar-refractivity contribution in [3.8, 4) is 28.7 Å². The molecular weight excluding hydrogens is 340 g/mol. The van der Waals surface area contributed by atoms with Crippen molar-refractivity contribution in [2.24, 2.45) is 0 Å². The van der Waals surface area contributed by atoms with Crippen molar-refractivity contribution in [3.63, 3.8) is 0 Å². The van der Waals surface area contributed by atoms with E-state index in [1.165, 1.54) is 0 Å². The van der Waals surface area contributed by atoms with E-state index in [9.17, 15) is 0 Å². The van der Waals surface area contributed by atoms with Crippen LogP contribution in [0.15, 0.2) is 21.4 Å². The van der Waals surface area contributed by atoms with Gasteiger partial charge in [0.2, 0.25) is 10.5 Å². The molecule has 0 fully saturated rings. The number of benzene rings is 1. The van der Waals surface area contributed by atoms with Crippen molar-refractivity contribution in [2.75, 3.05) is 19.8 Å². The van der Waals surface area contributed by atoms with Crippen LogP contribution in [0.1, 0.15) is 20.8 Å². The fraction of sp³-hybridized carbons (Fsp3) is 0.429. The fourth-order valence-electron chi connectivity index (χ4n) is 1.83. The van der Waals surface area contributed by atoms with E-state index in [2.05, 4.69) is 26.1 Å². The van der Waals surface area contributed by atoms with Gasteiger partial charge in [-0.05, 0) is 54.0 Å². The highest BCUT2D eigenvalue weighted by Crippen LogP contribution is 2.41. The van der Waals surface area contributed by atoms with Crippen LogP contribution in [-0.4, -0.2) is 30.0 Å². The van der Waals surface area contributed by atoms with E-state index < -0.39 is 0 Å². The van der Waals surface area contributed by atoms with Crippen molar-refractivity contribution in [1.29, 1.82) is 0 Å². The third-order valence-electron chi connectivity index (χ3n) is 2.56. The highest BCUT2D eigenvalue weighted by molar-refractivity contribution is 9.10. The van der Waals surface area contributed by atoms with Crippen LogP contribution in [0, 0.1) is 0 Å². The van der Waals surface area contributed by atoms with E-state index in [0.717, 1.165) is 0 Å². The molecule has 2 rings (SSSR count). The van der Waals surface area contributed by atoms with Gasteiger partial charge in [-0.15, -0.1) is 0 Å². The number of aromatic nitrogens is 2. The van der Waals surface area contributed by atoms with E-state index in [1.807, 2.05) is 20.8 Å². The van der Waals surface area contributed by atoms with E-state index in [0.29, 0.717) is 53.3 Å². The zero-order valence-electron chi connectivity index (χ0n) is 12.2. The summed E-state index contributed by atoms with van der Waals surface area (Å²) in [5.74, 6) is 2.15. The van der Waals surface area contributed by atoms with Gasteiger partial charge >= 0.3 is 0 Å². The van der Waals surface area contributed by atoms with Gasteiger partial charge in [-0.3, -0.25) is 0 Å². The van der Waals surface area contributed by atoms with Gasteiger partial charge in [-0.25, -0.2) is 0 Å². The summed E-state index contributed by atoms with van der Waals surface area (Å²) in [6.07, 6.45) is 0. The van der Waals surface area contributed by atoms with Gasteiger partial charge < -0.3 is 18.7 Å². The summed E-state index contributed by atoms with van der Waals surface area (Å²) >= 11 is 3.16. The zero-order valence-corrected chi connectivity index (χ0v) is 13.8. The van der Waals surface area contributed by atoms with Crippen molar-refractivity contribution in [1.82, 2.24) is 10.1 Å². The maximum Gasteiger partial charge on any atom is 0.258 e. The van der Waals surface area contributed by atoms with Gasteiger partial charge in [0.05, 0.1) is 19.8 Å². The number of rotatable bonds is 7. The molecule has 6 nitrogen and oxygen atoms in total. The van der Waals surface area contributed by atoms with E-state index in [-0.39, 0.29) is 0 Å². The molecule has 1 aromatic carbocycles. The molecule has 7 heteroatoms. The number of hydrogen-bond donors (Lipinski definition) is 0. The monoisotopic (exact) mass is 356 g/mol. The van der Waals surface area contributed by atoms with Crippen LogP contribution in [0.4, 0.5) is 0 Å². The molecule has 0 bridgehead atoms. The molecular formula is C14H17BrN2O4. The molecule has 0 saturated carbocycles. The third-order valence-corrected chi connectivity index (χ3v) is 2.88. The highest BCUT2D eigenvalue weighted by Gasteiger charge is 2.18. The Morgan fingerprint density at radius 3 is 2.00 bits per heavy atom. The Morgan fingerprint density at radius 2 is 1.57 bits per heavy atom. The largest absolute Gasteiger partial charge is 0.490 e. The number of ether oxygens (including phenoxy) is 3. The Balaban J connectivity index is 2.51. The normalized spacial score (nSPS) is 10.5. The molecule has 2 aromatic rings. The first kappa shape index (κ1) is 15.6. The van der Waals surface area contributed by atoms with Crippen LogP contribution in [0.3, 0.4) is 0 Å². The summed E-state index contributed by atoms with van der Waals surface area (Å²) < 4.78 is 22.5. The van der Waals surface area contributed by atoms with Crippen LogP contribution in [0.2, 0.25) is 0 Å². The quantitative estimate of drug-likeness (QED) is 0.753. The van der Waals surface area contributed by atoms with Gasteiger partial charge in [0.1, 0.15) is 0 Å². The summed E-state index contributed by atoms with van der Waals surface area (Å²) in [6.45, 7) is 7.28. The lowest BCUT2D eigenvalue weighted by Crippen LogP contribution is -2.03. The van der Waals surface area contributed by atoms with Gasteiger partial charge in [0.25, 0.3) is 5.89 Å². The first-order valence-electron chi connectivity index (χ1n) is 6.75. The van der Waals surface area contributed by atoms with E-state index >= 15 is 0 Å². The second-order valence-electron chi connectivity index (χ2n) is 3.97. The maximum atomic E-state index is 5.64. The summed E-state index contributed by atoms with van der Waals surface area (Å²) in [6, 6.07) is 3.61. The molecule has 0 aliphatic rings. The Kier molecular flexibility index (Phi) is 5.44. The van der Waals surface area contributed by atoms with Crippen LogP contribution >= 0.6 is 15.9 Å².